The second-order valence-electron chi connectivity index (χ2n) is 4.90. The van der Waals surface area contributed by atoms with E-state index >= 15 is 0 Å². The van der Waals surface area contributed by atoms with E-state index in [0.717, 1.165) is 31.4 Å². The molecule has 0 bridgehead atoms. The van der Waals surface area contributed by atoms with Crippen LogP contribution in [0.2, 0.25) is 0 Å². The van der Waals surface area contributed by atoms with Crippen molar-refractivity contribution in [3.8, 4) is 0 Å². The van der Waals surface area contributed by atoms with Crippen LogP contribution in [0.1, 0.15) is 44.3 Å². The Morgan fingerprint density at radius 2 is 2.00 bits per heavy atom. The third kappa shape index (κ3) is 5.72. The zero-order chi connectivity index (χ0) is 14.8. The van der Waals surface area contributed by atoms with Gasteiger partial charge >= 0.3 is 5.97 Å². The predicted molar refractivity (Wildman–Crippen MR) is 79.4 cm³/mol. The lowest BCUT2D eigenvalue weighted by Gasteiger charge is -2.23. The highest BCUT2D eigenvalue weighted by molar-refractivity contribution is 5.70. The SMILES string of the molecule is CCCCCNC(CC(=O)OC)C(O)c1ccccc1. The topological polar surface area (TPSA) is 58.6 Å². The predicted octanol–water partition coefficient (Wildman–Crippen LogP) is 2.43. The lowest BCUT2D eigenvalue weighted by molar-refractivity contribution is -0.142. The zero-order valence-electron chi connectivity index (χ0n) is 12.3. The van der Waals surface area contributed by atoms with Crippen LogP contribution in [0.15, 0.2) is 30.3 Å². The van der Waals surface area contributed by atoms with Gasteiger partial charge in [-0.2, -0.15) is 0 Å². The Morgan fingerprint density at radius 1 is 1.30 bits per heavy atom. The number of esters is 1. The van der Waals surface area contributed by atoms with Crippen molar-refractivity contribution in [2.75, 3.05) is 13.7 Å². The van der Waals surface area contributed by atoms with Gasteiger partial charge in [-0.1, -0.05) is 50.1 Å². The van der Waals surface area contributed by atoms with Gasteiger partial charge in [-0.3, -0.25) is 4.79 Å². The van der Waals surface area contributed by atoms with Crippen molar-refractivity contribution in [1.29, 1.82) is 0 Å². The van der Waals surface area contributed by atoms with Crippen LogP contribution in [0.5, 0.6) is 0 Å². The molecule has 2 unspecified atom stereocenters. The van der Waals surface area contributed by atoms with Crippen LogP contribution in [0.3, 0.4) is 0 Å². The molecule has 1 aromatic carbocycles. The summed E-state index contributed by atoms with van der Waals surface area (Å²) in [6.07, 6.45) is 2.77. The number of benzene rings is 1. The minimum Gasteiger partial charge on any atom is -0.469 e. The van der Waals surface area contributed by atoms with Crippen molar-refractivity contribution in [2.24, 2.45) is 0 Å². The molecule has 2 N–H and O–H groups in total. The summed E-state index contributed by atoms with van der Waals surface area (Å²) in [5, 5.41) is 13.7. The molecule has 0 amide bonds. The van der Waals surface area contributed by atoms with Gasteiger partial charge in [0.25, 0.3) is 0 Å². The van der Waals surface area contributed by atoms with Gasteiger partial charge in [0.15, 0.2) is 0 Å². The molecule has 112 valence electrons. The molecule has 0 heterocycles. The van der Waals surface area contributed by atoms with Crippen LogP contribution in [0.4, 0.5) is 0 Å². The molecule has 0 aliphatic rings. The van der Waals surface area contributed by atoms with Gasteiger partial charge in [-0.25, -0.2) is 0 Å². The fraction of sp³-hybridized carbons (Fsp3) is 0.562. The van der Waals surface area contributed by atoms with Gasteiger partial charge in [-0.15, -0.1) is 0 Å². The number of ether oxygens (including phenoxy) is 1. The lowest BCUT2D eigenvalue weighted by Crippen LogP contribution is -2.37. The molecular formula is C16H25NO3. The summed E-state index contributed by atoms with van der Waals surface area (Å²) < 4.78 is 4.70. The van der Waals surface area contributed by atoms with Crippen LogP contribution in [-0.2, 0) is 9.53 Å². The maximum absolute atomic E-state index is 11.5. The third-order valence-electron chi connectivity index (χ3n) is 3.32. The Morgan fingerprint density at radius 3 is 2.60 bits per heavy atom. The van der Waals surface area contributed by atoms with E-state index in [1.807, 2.05) is 30.3 Å². The molecule has 2 atom stereocenters. The Kier molecular flexibility index (Phi) is 7.92. The lowest BCUT2D eigenvalue weighted by atomic mass is 9.99. The fourth-order valence-electron chi connectivity index (χ4n) is 2.10. The van der Waals surface area contributed by atoms with E-state index in [1.165, 1.54) is 7.11 Å². The molecule has 0 aliphatic heterocycles. The first-order valence-corrected chi connectivity index (χ1v) is 7.22. The van der Waals surface area contributed by atoms with Gasteiger partial charge in [0.05, 0.1) is 19.6 Å². The number of hydrogen-bond acceptors (Lipinski definition) is 4. The number of rotatable bonds is 9. The van der Waals surface area contributed by atoms with Crippen molar-refractivity contribution < 1.29 is 14.6 Å². The van der Waals surface area contributed by atoms with E-state index in [0.29, 0.717) is 0 Å². The number of aliphatic hydroxyl groups excluding tert-OH is 1. The molecule has 0 spiro atoms. The van der Waals surface area contributed by atoms with Crippen molar-refractivity contribution >= 4 is 5.97 Å². The van der Waals surface area contributed by atoms with Gasteiger partial charge in [0, 0.05) is 6.04 Å². The Hall–Kier alpha value is -1.39. The number of aliphatic hydroxyl groups is 1. The van der Waals surface area contributed by atoms with E-state index in [-0.39, 0.29) is 18.4 Å². The smallest absolute Gasteiger partial charge is 0.307 e. The van der Waals surface area contributed by atoms with Crippen molar-refractivity contribution in [3.05, 3.63) is 35.9 Å². The molecule has 1 aromatic rings. The first-order valence-electron chi connectivity index (χ1n) is 7.22. The van der Waals surface area contributed by atoms with Crippen molar-refractivity contribution in [2.45, 2.75) is 44.8 Å². The van der Waals surface area contributed by atoms with Gasteiger partial charge < -0.3 is 15.2 Å². The molecule has 0 radical (unpaired) electrons. The van der Waals surface area contributed by atoms with E-state index in [9.17, 15) is 9.90 Å². The normalized spacial score (nSPS) is 13.8. The highest BCUT2D eigenvalue weighted by Crippen LogP contribution is 2.19. The third-order valence-corrected chi connectivity index (χ3v) is 3.32. The molecule has 0 saturated carbocycles. The second-order valence-corrected chi connectivity index (χ2v) is 4.90. The minimum atomic E-state index is -0.711. The maximum Gasteiger partial charge on any atom is 0.307 e. The van der Waals surface area contributed by atoms with Crippen LogP contribution in [0, 0.1) is 0 Å². The quantitative estimate of drug-likeness (QED) is 0.538. The molecule has 0 aliphatic carbocycles. The summed E-state index contributed by atoms with van der Waals surface area (Å²) in [4.78, 5) is 11.5. The molecule has 1 rings (SSSR count). The monoisotopic (exact) mass is 279 g/mol. The van der Waals surface area contributed by atoms with Crippen molar-refractivity contribution in [3.63, 3.8) is 0 Å². The fourth-order valence-corrected chi connectivity index (χ4v) is 2.10. The molecule has 4 nitrogen and oxygen atoms in total. The first-order chi connectivity index (χ1) is 9.69. The zero-order valence-corrected chi connectivity index (χ0v) is 12.3. The largest absolute Gasteiger partial charge is 0.469 e. The standard InChI is InChI=1S/C16H25NO3/c1-3-4-8-11-17-14(12-15(18)20-2)16(19)13-9-6-5-7-10-13/h5-7,9-10,14,16-17,19H,3-4,8,11-12H2,1-2H3. The summed E-state index contributed by atoms with van der Waals surface area (Å²) in [7, 11) is 1.37. The van der Waals surface area contributed by atoms with Crippen LogP contribution in [-0.4, -0.2) is 30.8 Å². The van der Waals surface area contributed by atoms with Gasteiger partial charge in [0.2, 0.25) is 0 Å². The highest BCUT2D eigenvalue weighted by atomic mass is 16.5. The number of hydrogen-bond donors (Lipinski definition) is 2. The molecule has 0 saturated heterocycles. The molecule has 20 heavy (non-hydrogen) atoms. The number of unbranched alkanes of at least 4 members (excludes halogenated alkanes) is 2. The molecule has 0 aromatic heterocycles. The Balaban J connectivity index is 2.63. The molecular weight excluding hydrogens is 254 g/mol. The van der Waals surface area contributed by atoms with Crippen LogP contribution < -0.4 is 5.32 Å². The minimum absolute atomic E-state index is 0.165. The highest BCUT2D eigenvalue weighted by Gasteiger charge is 2.23. The molecule has 0 fully saturated rings. The average Bonchev–Trinajstić information content (AvgIpc) is 2.50. The van der Waals surface area contributed by atoms with Crippen molar-refractivity contribution in [1.82, 2.24) is 5.32 Å². The molecule has 4 heteroatoms. The summed E-state index contributed by atoms with van der Waals surface area (Å²) in [5.41, 5.74) is 0.810. The number of carbonyl (C=O) groups excluding carboxylic acids is 1. The van der Waals surface area contributed by atoms with E-state index in [4.69, 9.17) is 4.74 Å². The Bertz CT molecular complexity index is 381. The Labute approximate surface area is 121 Å². The first kappa shape index (κ1) is 16.7. The summed E-state index contributed by atoms with van der Waals surface area (Å²) in [6.45, 7) is 2.93. The van der Waals surface area contributed by atoms with E-state index in [1.54, 1.807) is 0 Å². The van der Waals surface area contributed by atoms with Crippen LogP contribution in [0.25, 0.3) is 0 Å². The maximum atomic E-state index is 11.5. The number of methoxy groups -OCH3 is 1. The van der Waals surface area contributed by atoms with Crippen LogP contribution >= 0.6 is 0 Å². The van der Waals surface area contributed by atoms with E-state index in [2.05, 4.69) is 12.2 Å². The average molecular weight is 279 g/mol. The van der Waals surface area contributed by atoms with E-state index < -0.39 is 6.10 Å². The number of nitrogens with one attached hydrogen (secondary N) is 1. The summed E-state index contributed by atoms with van der Waals surface area (Å²) >= 11 is 0. The van der Waals surface area contributed by atoms with Gasteiger partial charge in [-0.05, 0) is 18.5 Å². The number of carbonyl (C=O) groups is 1. The second kappa shape index (κ2) is 9.50. The van der Waals surface area contributed by atoms with Gasteiger partial charge in [0.1, 0.15) is 0 Å². The summed E-state index contributed by atoms with van der Waals surface area (Å²) in [6, 6.07) is 9.07. The summed E-state index contributed by atoms with van der Waals surface area (Å²) in [5.74, 6) is -0.312.